The smallest absolute Gasteiger partial charge is 0.329 e. The zero-order valence-electron chi connectivity index (χ0n) is 11.4. The van der Waals surface area contributed by atoms with Crippen molar-refractivity contribution < 1.29 is 24.2 Å². The van der Waals surface area contributed by atoms with E-state index in [-0.39, 0.29) is 12.4 Å². The van der Waals surface area contributed by atoms with Crippen LogP contribution in [0.2, 0.25) is 0 Å². The van der Waals surface area contributed by atoms with Gasteiger partial charge in [-0.2, -0.15) is 0 Å². The van der Waals surface area contributed by atoms with Gasteiger partial charge in [-0.3, -0.25) is 9.59 Å². The third-order valence-corrected chi connectivity index (χ3v) is 2.47. The van der Waals surface area contributed by atoms with Gasteiger partial charge in [-0.15, -0.1) is 0 Å². The van der Waals surface area contributed by atoms with Crippen LogP contribution in [0.1, 0.15) is 19.4 Å². The summed E-state index contributed by atoms with van der Waals surface area (Å²) in [6.07, 6.45) is 0.351. The molecule has 0 heterocycles. The minimum absolute atomic E-state index is 0.0651. The molecule has 0 bridgehead atoms. The summed E-state index contributed by atoms with van der Waals surface area (Å²) in [6, 6.07) is 5.70. The van der Waals surface area contributed by atoms with Crippen LogP contribution in [-0.2, 0) is 20.8 Å². The molecule has 2 N–H and O–H groups in total. The number of hydrogen-bond donors (Lipinski definition) is 2. The molecule has 1 aromatic rings. The van der Waals surface area contributed by atoms with Crippen LogP contribution < -0.4 is 10.1 Å². The first kappa shape index (κ1) is 15.7. The van der Waals surface area contributed by atoms with Gasteiger partial charge in [0.2, 0.25) is 5.91 Å². The zero-order chi connectivity index (χ0) is 15.1. The molecule has 0 aromatic heterocycles. The maximum atomic E-state index is 11.0. The van der Waals surface area contributed by atoms with Crippen LogP contribution in [0, 0.1) is 0 Å². The number of amides is 1. The highest BCUT2D eigenvalue weighted by molar-refractivity contribution is 5.82. The van der Waals surface area contributed by atoms with Crippen molar-refractivity contribution in [3.8, 4) is 5.75 Å². The predicted molar refractivity (Wildman–Crippen MR) is 71.6 cm³/mol. The summed E-state index contributed by atoms with van der Waals surface area (Å²) in [5.41, 5.74) is 0.862. The van der Waals surface area contributed by atoms with E-state index in [1.807, 2.05) is 0 Å². The number of carbonyl (C=O) groups excluding carboxylic acids is 2. The van der Waals surface area contributed by atoms with Gasteiger partial charge in [0.1, 0.15) is 18.1 Å². The van der Waals surface area contributed by atoms with Gasteiger partial charge in [0.25, 0.3) is 0 Å². The number of Topliss-reactive ketones (excluding diaryl/α,β-unsaturated/α-hetero) is 1. The summed E-state index contributed by atoms with van der Waals surface area (Å²) >= 11 is 0. The number of ether oxygens (including phenoxy) is 1. The average Bonchev–Trinajstić information content (AvgIpc) is 2.34. The molecule has 1 atom stereocenters. The quantitative estimate of drug-likeness (QED) is 0.769. The number of nitrogens with one attached hydrogen (secondary N) is 1. The molecule has 6 nitrogen and oxygen atoms in total. The van der Waals surface area contributed by atoms with Crippen LogP contribution in [0.25, 0.3) is 0 Å². The SMILES string of the molecule is CC(=O)Cc1ccc(OCC(NC(C)=O)C(=O)O)cc1. The molecule has 0 saturated carbocycles. The number of carbonyl (C=O) groups is 3. The van der Waals surface area contributed by atoms with E-state index in [1.54, 1.807) is 24.3 Å². The fourth-order valence-electron chi connectivity index (χ4n) is 1.59. The Balaban J connectivity index is 2.57. The van der Waals surface area contributed by atoms with E-state index in [0.717, 1.165) is 5.56 Å². The summed E-state index contributed by atoms with van der Waals surface area (Å²) in [4.78, 5) is 32.7. The average molecular weight is 279 g/mol. The van der Waals surface area contributed by atoms with Gasteiger partial charge < -0.3 is 15.2 Å². The number of ketones is 1. The maximum absolute atomic E-state index is 11.0. The van der Waals surface area contributed by atoms with E-state index in [0.29, 0.717) is 12.2 Å². The summed E-state index contributed by atoms with van der Waals surface area (Å²) in [5, 5.41) is 11.2. The Morgan fingerprint density at radius 2 is 1.80 bits per heavy atom. The maximum Gasteiger partial charge on any atom is 0.329 e. The number of rotatable bonds is 7. The molecule has 6 heteroatoms. The topological polar surface area (TPSA) is 92.7 Å². The molecule has 1 unspecified atom stereocenters. The van der Waals surface area contributed by atoms with Crippen molar-refractivity contribution in [1.82, 2.24) is 5.32 Å². The van der Waals surface area contributed by atoms with Gasteiger partial charge in [0, 0.05) is 13.3 Å². The lowest BCUT2D eigenvalue weighted by Crippen LogP contribution is -2.43. The van der Waals surface area contributed by atoms with Gasteiger partial charge in [0.05, 0.1) is 0 Å². The highest BCUT2D eigenvalue weighted by Crippen LogP contribution is 2.13. The highest BCUT2D eigenvalue weighted by Gasteiger charge is 2.19. The first-order valence-corrected chi connectivity index (χ1v) is 6.09. The van der Waals surface area contributed by atoms with Gasteiger partial charge in [0.15, 0.2) is 6.04 Å². The fraction of sp³-hybridized carbons (Fsp3) is 0.357. The van der Waals surface area contributed by atoms with Gasteiger partial charge in [-0.05, 0) is 24.6 Å². The predicted octanol–water partition coefficient (Wildman–Crippen LogP) is 0.786. The molecular weight excluding hydrogens is 262 g/mol. The Bertz CT molecular complexity index is 495. The first-order valence-electron chi connectivity index (χ1n) is 6.09. The summed E-state index contributed by atoms with van der Waals surface area (Å²) in [6.45, 7) is 2.59. The van der Waals surface area contributed by atoms with Gasteiger partial charge in [-0.1, -0.05) is 12.1 Å². The molecule has 1 amide bonds. The number of benzene rings is 1. The lowest BCUT2D eigenvalue weighted by molar-refractivity contribution is -0.142. The molecule has 0 saturated heterocycles. The van der Waals surface area contributed by atoms with Crippen molar-refractivity contribution >= 4 is 17.7 Å². The van der Waals surface area contributed by atoms with Crippen LogP contribution in [0.4, 0.5) is 0 Å². The van der Waals surface area contributed by atoms with Crippen LogP contribution in [0.3, 0.4) is 0 Å². The molecular formula is C14H17NO5. The summed E-state index contributed by atoms with van der Waals surface area (Å²) in [7, 11) is 0. The monoisotopic (exact) mass is 279 g/mol. The molecule has 0 fully saturated rings. The van der Waals surface area contributed by atoms with E-state index in [4.69, 9.17) is 9.84 Å². The molecule has 0 spiro atoms. The van der Waals surface area contributed by atoms with Gasteiger partial charge >= 0.3 is 5.97 Å². The normalized spacial score (nSPS) is 11.5. The first-order chi connectivity index (χ1) is 9.38. The number of hydrogen-bond acceptors (Lipinski definition) is 4. The molecule has 20 heavy (non-hydrogen) atoms. The minimum Gasteiger partial charge on any atom is -0.491 e. The second-order valence-corrected chi connectivity index (χ2v) is 4.43. The molecule has 0 aliphatic carbocycles. The Kier molecular flexibility index (Phi) is 5.71. The third-order valence-electron chi connectivity index (χ3n) is 2.47. The van der Waals surface area contributed by atoms with E-state index in [2.05, 4.69) is 5.32 Å². The van der Waals surface area contributed by atoms with Crippen LogP contribution in [0.15, 0.2) is 24.3 Å². The number of carboxylic acids is 1. The van der Waals surface area contributed by atoms with E-state index < -0.39 is 17.9 Å². The second-order valence-electron chi connectivity index (χ2n) is 4.43. The van der Waals surface area contributed by atoms with Crippen LogP contribution in [0.5, 0.6) is 5.75 Å². The highest BCUT2D eigenvalue weighted by atomic mass is 16.5. The van der Waals surface area contributed by atoms with Crippen LogP contribution >= 0.6 is 0 Å². The van der Waals surface area contributed by atoms with E-state index in [1.165, 1.54) is 13.8 Å². The standard InChI is InChI=1S/C14H17NO5/c1-9(16)7-11-3-5-12(6-4-11)20-8-13(14(18)19)15-10(2)17/h3-6,13H,7-8H2,1-2H3,(H,15,17)(H,18,19). The molecule has 0 radical (unpaired) electrons. The fourth-order valence-corrected chi connectivity index (χ4v) is 1.59. The van der Waals surface area contributed by atoms with Crippen molar-refractivity contribution in [3.05, 3.63) is 29.8 Å². The minimum atomic E-state index is -1.16. The summed E-state index contributed by atoms with van der Waals surface area (Å²) in [5.74, 6) is -1.05. The second kappa shape index (κ2) is 7.28. The number of carboxylic acid groups (broad SMARTS) is 1. The van der Waals surface area contributed by atoms with Crippen molar-refractivity contribution in [2.75, 3.05) is 6.61 Å². The van der Waals surface area contributed by atoms with Gasteiger partial charge in [-0.25, -0.2) is 4.79 Å². The Hall–Kier alpha value is -2.37. The third kappa shape index (κ3) is 5.51. The molecule has 0 aliphatic heterocycles. The Morgan fingerprint density at radius 1 is 1.20 bits per heavy atom. The van der Waals surface area contributed by atoms with E-state index >= 15 is 0 Å². The lowest BCUT2D eigenvalue weighted by Gasteiger charge is -2.14. The van der Waals surface area contributed by atoms with Crippen molar-refractivity contribution in [1.29, 1.82) is 0 Å². The van der Waals surface area contributed by atoms with Crippen molar-refractivity contribution in [3.63, 3.8) is 0 Å². The van der Waals surface area contributed by atoms with Crippen molar-refractivity contribution in [2.45, 2.75) is 26.3 Å². The lowest BCUT2D eigenvalue weighted by atomic mass is 10.1. The molecule has 0 aliphatic rings. The van der Waals surface area contributed by atoms with Crippen molar-refractivity contribution in [2.24, 2.45) is 0 Å². The molecule has 1 rings (SSSR count). The molecule has 1 aromatic carbocycles. The zero-order valence-corrected chi connectivity index (χ0v) is 11.4. The Labute approximate surface area is 116 Å². The largest absolute Gasteiger partial charge is 0.491 e. The summed E-state index contributed by atoms with van der Waals surface area (Å²) < 4.78 is 5.31. The molecule has 108 valence electrons. The van der Waals surface area contributed by atoms with E-state index in [9.17, 15) is 14.4 Å². The number of aliphatic carboxylic acids is 1. The Morgan fingerprint density at radius 3 is 2.25 bits per heavy atom. The van der Waals surface area contributed by atoms with Crippen LogP contribution in [-0.4, -0.2) is 35.4 Å².